The molecule has 1 aromatic rings. The van der Waals surface area contributed by atoms with E-state index in [0.29, 0.717) is 11.6 Å². The van der Waals surface area contributed by atoms with E-state index in [9.17, 15) is 13.9 Å². The summed E-state index contributed by atoms with van der Waals surface area (Å²) in [5, 5.41) is 9.24. The van der Waals surface area contributed by atoms with Crippen LogP contribution < -0.4 is 0 Å². The predicted octanol–water partition coefficient (Wildman–Crippen LogP) is 2.28. The van der Waals surface area contributed by atoms with Gasteiger partial charge < -0.3 is 5.11 Å². The Hall–Kier alpha value is -0.620. The van der Waals surface area contributed by atoms with E-state index in [2.05, 4.69) is 4.98 Å². The monoisotopic (exact) mass is 236 g/mol. The molecule has 0 aliphatic heterocycles. The molecular weight excluding hydrogens is 222 g/mol. The SMILES string of the molecule is C[C@@H](O)[C@@H](C)SCc1nccn1C(F)F. The summed E-state index contributed by atoms with van der Waals surface area (Å²) in [6, 6.07) is 0. The van der Waals surface area contributed by atoms with Gasteiger partial charge in [0.25, 0.3) is 0 Å². The van der Waals surface area contributed by atoms with Gasteiger partial charge in [-0.15, -0.1) is 11.8 Å². The van der Waals surface area contributed by atoms with Crippen LogP contribution >= 0.6 is 11.8 Å². The number of hydrogen-bond donors (Lipinski definition) is 1. The Bertz CT molecular complexity index is 304. The highest BCUT2D eigenvalue weighted by Crippen LogP contribution is 2.21. The molecule has 0 aliphatic carbocycles. The van der Waals surface area contributed by atoms with E-state index in [1.54, 1.807) is 6.92 Å². The molecule has 3 nitrogen and oxygen atoms in total. The normalized spacial score (nSPS) is 15.6. The summed E-state index contributed by atoms with van der Waals surface area (Å²) >= 11 is 1.41. The number of thioether (sulfide) groups is 1. The zero-order chi connectivity index (χ0) is 11.4. The molecule has 0 saturated heterocycles. The van der Waals surface area contributed by atoms with Gasteiger partial charge >= 0.3 is 6.55 Å². The van der Waals surface area contributed by atoms with Crippen LogP contribution in [0.2, 0.25) is 0 Å². The number of aliphatic hydroxyl groups is 1. The van der Waals surface area contributed by atoms with Crippen LogP contribution in [0.25, 0.3) is 0 Å². The standard InChI is InChI=1S/C9H14F2N2OS/c1-6(14)7(2)15-5-8-12-3-4-13(8)9(10)11/h3-4,6-7,9,14H,5H2,1-2H3/t6-,7-/m1/s1. The first-order chi connectivity index (χ1) is 7.02. The van der Waals surface area contributed by atoms with Crippen LogP contribution in [-0.4, -0.2) is 26.0 Å². The van der Waals surface area contributed by atoms with E-state index in [0.717, 1.165) is 4.57 Å². The van der Waals surface area contributed by atoms with Crippen molar-refractivity contribution in [2.75, 3.05) is 0 Å². The molecule has 6 heteroatoms. The van der Waals surface area contributed by atoms with Gasteiger partial charge in [-0.1, -0.05) is 6.92 Å². The minimum Gasteiger partial charge on any atom is -0.392 e. The van der Waals surface area contributed by atoms with Gasteiger partial charge in [-0.3, -0.25) is 4.57 Å². The Kier molecular flexibility index (Phi) is 4.53. The highest BCUT2D eigenvalue weighted by molar-refractivity contribution is 7.99. The Labute approximate surface area is 91.5 Å². The second-order valence-electron chi connectivity index (χ2n) is 3.29. The van der Waals surface area contributed by atoms with Crippen LogP contribution in [0.3, 0.4) is 0 Å². The predicted molar refractivity (Wildman–Crippen MR) is 55.9 cm³/mol. The average Bonchev–Trinajstić information content (AvgIpc) is 2.61. The van der Waals surface area contributed by atoms with Crippen molar-refractivity contribution in [2.45, 2.75) is 37.5 Å². The molecule has 0 aliphatic rings. The number of nitrogens with zero attached hydrogens (tertiary/aromatic N) is 2. The molecule has 1 heterocycles. The van der Waals surface area contributed by atoms with Crippen LogP contribution in [0, 0.1) is 0 Å². The Morgan fingerprint density at radius 1 is 1.53 bits per heavy atom. The van der Waals surface area contributed by atoms with Crippen molar-refractivity contribution in [3.05, 3.63) is 18.2 Å². The number of aromatic nitrogens is 2. The van der Waals surface area contributed by atoms with Crippen LogP contribution in [0.1, 0.15) is 26.2 Å². The third kappa shape index (κ3) is 3.46. The first-order valence-corrected chi connectivity index (χ1v) is 5.66. The lowest BCUT2D eigenvalue weighted by Gasteiger charge is -2.14. The summed E-state index contributed by atoms with van der Waals surface area (Å²) in [4.78, 5) is 3.85. The van der Waals surface area contributed by atoms with E-state index in [1.165, 1.54) is 24.2 Å². The van der Waals surface area contributed by atoms with Crippen molar-refractivity contribution < 1.29 is 13.9 Å². The fourth-order valence-corrected chi connectivity index (χ4v) is 1.89. The second-order valence-corrected chi connectivity index (χ2v) is 4.65. The summed E-state index contributed by atoms with van der Waals surface area (Å²) in [5.41, 5.74) is 0. The average molecular weight is 236 g/mol. The lowest BCUT2D eigenvalue weighted by molar-refractivity contribution is 0.0678. The summed E-state index contributed by atoms with van der Waals surface area (Å²) in [6.07, 6.45) is 2.16. The Morgan fingerprint density at radius 2 is 2.20 bits per heavy atom. The largest absolute Gasteiger partial charge is 0.392 e. The number of rotatable bonds is 5. The van der Waals surface area contributed by atoms with E-state index in [4.69, 9.17) is 0 Å². The molecule has 0 amide bonds. The molecule has 0 saturated carbocycles. The molecule has 86 valence electrons. The number of aliphatic hydroxyl groups excluding tert-OH is 1. The van der Waals surface area contributed by atoms with Crippen molar-refractivity contribution in [1.29, 1.82) is 0 Å². The van der Waals surface area contributed by atoms with Crippen molar-refractivity contribution in [1.82, 2.24) is 9.55 Å². The van der Waals surface area contributed by atoms with Crippen molar-refractivity contribution in [3.8, 4) is 0 Å². The van der Waals surface area contributed by atoms with Gasteiger partial charge in [0.05, 0.1) is 11.9 Å². The molecular formula is C9H14F2N2OS. The summed E-state index contributed by atoms with van der Waals surface area (Å²) in [6.45, 7) is 0.979. The Morgan fingerprint density at radius 3 is 2.73 bits per heavy atom. The lowest BCUT2D eigenvalue weighted by Crippen LogP contribution is -2.16. The van der Waals surface area contributed by atoms with Gasteiger partial charge in [0, 0.05) is 17.6 Å². The second kappa shape index (κ2) is 5.46. The van der Waals surface area contributed by atoms with Crippen LogP contribution in [0.15, 0.2) is 12.4 Å². The number of hydrogen-bond acceptors (Lipinski definition) is 3. The summed E-state index contributed by atoms with van der Waals surface area (Å²) in [5.74, 6) is 0.714. The zero-order valence-corrected chi connectivity index (χ0v) is 9.42. The molecule has 0 spiro atoms. The van der Waals surface area contributed by atoms with Crippen molar-refractivity contribution in [3.63, 3.8) is 0 Å². The fourth-order valence-electron chi connectivity index (χ4n) is 0.979. The molecule has 0 aromatic carbocycles. The molecule has 1 rings (SSSR count). The zero-order valence-electron chi connectivity index (χ0n) is 8.60. The number of halogens is 2. The maximum Gasteiger partial charge on any atom is 0.319 e. The highest BCUT2D eigenvalue weighted by atomic mass is 32.2. The molecule has 0 radical (unpaired) electrons. The molecule has 0 bridgehead atoms. The molecule has 0 fully saturated rings. The first kappa shape index (κ1) is 12.4. The first-order valence-electron chi connectivity index (χ1n) is 4.62. The molecule has 0 unspecified atom stereocenters. The fraction of sp³-hybridized carbons (Fsp3) is 0.667. The van der Waals surface area contributed by atoms with Gasteiger partial charge in [0.1, 0.15) is 5.82 Å². The molecule has 15 heavy (non-hydrogen) atoms. The maximum atomic E-state index is 12.4. The lowest BCUT2D eigenvalue weighted by atomic mass is 10.3. The van der Waals surface area contributed by atoms with Crippen LogP contribution in [0.4, 0.5) is 8.78 Å². The summed E-state index contributed by atoms with van der Waals surface area (Å²) in [7, 11) is 0. The van der Waals surface area contributed by atoms with Gasteiger partial charge in [-0.2, -0.15) is 8.78 Å². The smallest absolute Gasteiger partial charge is 0.319 e. The molecule has 1 aromatic heterocycles. The number of alkyl halides is 2. The minimum absolute atomic E-state index is 0.00724. The third-order valence-corrected chi connectivity index (χ3v) is 3.46. The quantitative estimate of drug-likeness (QED) is 0.852. The Balaban J connectivity index is 2.54. The third-order valence-electron chi connectivity index (χ3n) is 2.11. The highest BCUT2D eigenvalue weighted by Gasteiger charge is 2.14. The van der Waals surface area contributed by atoms with Gasteiger partial charge in [0.15, 0.2) is 0 Å². The van der Waals surface area contributed by atoms with Crippen LogP contribution in [-0.2, 0) is 5.75 Å². The van der Waals surface area contributed by atoms with Crippen LogP contribution in [0.5, 0.6) is 0 Å². The van der Waals surface area contributed by atoms with Gasteiger partial charge in [0.2, 0.25) is 0 Å². The van der Waals surface area contributed by atoms with E-state index in [1.807, 2.05) is 6.92 Å². The topological polar surface area (TPSA) is 38.1 Å². The van der Waals surface area contributed by atoms with Crippen molar-refractivity contribution in [2.24, 2.45) is 0 Å². The minimum atomic E-state index is -2.55. The molecule has 1 N–H and O–H groups in total. The van der Waals surface area contributed by atoms with E-state index in [-0.39, 0.29) is 5.25 Å². The maximum absolute atomic E-state index is 12.4. The summed E-state index contributed by atoms with van der Waals surface area (Å²) < 4.78 is 25.7. The van der Waals surface area contributed by atoms with Gasteiger partial charge in [-0.25, -0.2) is 4.98 Å². The van der Waals surface area contributed by atoms with E-state index >= 15 is 0 Å². The van der Waals surface area contributed by atoms with Gasteiger partial charge in [-0.05, 0) is 6.92 Å². The number of imidazole rings is 1. The van der Waals surface area contributed by atoms with E-state index < -0.39 is 12.7 Å². The van der Waals surface area contributed by atoms with Crippen molar-refractivity contribution >= 4 is 11.8 Å². The molecule has 2 atom stereocenters.